The number of hydrogen-bond donors (Lipinski definition) is 2. The van der Waals surface area contributed by atoms with Gasteiger partial charge in [-0.05, 0) is 27.2 Å². The Morgan fingerprint density at radius 1 is 1.18 bits per heavy atom. The molecule has 2 N–H and O–H groups in total. The molecule has 1 aliphatic rings. The van der Waals surface area contributed by atoms with Gasteiger partial charge in [0.2, 0.25) is 5.79 Å². The number of aliphatic hydroxyl groups is 2. The van der Waals surface area contributed by atoms with E-state index in [2.05, 4.69) is 0 Å². The maximum Gasteiger partial charge on any atom is 0.305 e. The minimum Gasteiger partial charge on any atom is -0.430 e. The fourth-order valence-electron chi connectivity index (χ4n) is 2.40. The third-order valence-corrected chi connectivity index (χ3v) is 4.30. The molecule has 0 aliphatic carbocycles. The fraction of sp³-hybridized carbons (Fsp3) is 0.917. The van der Waals surface area contributed by atoms with Crippen molar-refractivity contribution in [1.29, 1.82) is 0 Å². The molecule has 1 saturated heterocycles. The van der Waals surface area contributed by atoms with Gasteiger partial charge in [0.05, 0.1) is 0 Å². The van der Waals surface area contributed by atoms with Gasteiger partial charge in [-0.3, -0.25) is 4.79 Å². The average molecular weight is 246 g/mol. The highest BCUT2D eigenvalue weighted by Crippen LogP contribution is 2.53. The van der Waals surface area contributed by atoms with Gasteiger partial charge in [-0.1, -0.05) is 6.92 Å². The van der Waals surface area contributed by atoms with Gasteiger partial charge in [0.15, 0.2) is 5.60 Å². The summed E-state index contributed by atoms with van der Waals surface area (Å²) in [6.45, 7) is 9.13. The number of hydrogen-bond acceptors (Lipinski definition) is 5. The average Bonchev–Trinajstić information content (AvgIpc) is 2.23. The fourth-order valence-corrected chi connectivity index (χ4v) is 2.40. The predicted molar refractivity (Wildman–Crippen MR) is 61.2 cm³/mol. The van der Waals surface area contributed by atoms with Crippen LogP contribution in [-0.2, 0) is 14.3 Å². The van der Waals surface area contributed by atoms with Gasteiger partial charge in [0.1, 0.15) is 11.2 Å². The van der Waals surface area contributed by atoms with E-state index in [4.69, 9.17) is 9.47 Å². The highest BCUT2D eigenvalue weighted by atomic mass is 16.8. The molecular weight excluding hydrogens is 224 g/mol. The SMILES string of the molecule is CCC1(C)OC(C)(OC(C)=O)C(C)(O)C1(C)O. The van der Waals surface area contributed by atoms with Crippen LogP contribution in [0, 0.1) is 0 Å². The Morgan fingerprint density at radius 2 is 1.65 bits per heavy atom. The monoisotopic (exact) mass is 246 g/mol. The predicted octanol–water partition coefficient (Wildman–Crippen LogP) is 0.967. The van der Waals surface area contributed by atoms with Crippen molar-refractivity contribution in [2.45, 2.75) is 70.6 Å². The van der Waals surface area contributed by atoms with E-state index in [0.717, 1.165) is 0 Å². The molecule has 0 aromatic carbocycles. The molecule has 0 amide bonds. The minimum absolute atomic E-state index is 0.479. The molecule has 1 rings (SSSR count). The summed E-state index contributed by atoms with van der Waals surface area (Å²) in [5.74, 6) is -2.13. The quantitative estimate of drug-likeness (QED) is 0.710. The van der Waals surface area contributed by atoms with E-state index in [1.807, 2.05) is 6.92 Å². The smallest absolute Gasteiger partial charge is 0.305 e. The Labute approximate surface area is 102 Å². The third-order valence-electron chi connectivity index (χ3n) is 4.30. The van der Waals surface area contributed by atoms with Crippen LogP contribution >= 0.6 is 0 Å². The lowest BCUT2D eigenvalue weighted by atomic mass is 9.73. The Kier molecular flexibility index (Phi) is 3.11. The Balaban J connectivity index is 3.27. The lowest BCUT2D eigenvalue weighted by molar-refractivity contribution is -0.274. The molecule has 0 bridgehead atoms. The number of esters is 1. The van der Waals surface area contributed by atoms with Crippen LogP contribution in [-0.4, -0.2) is 38.8 Å². The molecular formula is C12H22O5. The van der Waals surface area contributed by atoms with Crippen molar-refractivity contribution in [3.63, 3.8) is 0 Å². The second-order valence-electron chi connectivity index (χ2n) is 5.37. The molecule has 5 heteroatoms. The zero-order chi connectivity index (χ0) is 13.7. The summed E-state index contributed by atoms with van der Waals surface area (Å²) in [5, 5.41) is 21.0. The van der Waals surface area contributed by atoms with Gasteiger partial charge >= 0.3 is 5.97 Å². The molecule has 17 heavy (non-hydrogen) atoms. The first-order valence-corrected chi connectivity index (χ1v) is 5.78. The van der Waals surface area contributed by atoms with E-state index < -0.39 is 28.6 Å². The summed E-state index contributed by atoms with van der Waals surface area (Å²) in [6.07, 6.45) is 0.479. The molecule has 1 aliphatic heterocycles. The maximum absolute atomic E-state index is 11.1. The molecule has 4 unspecified atom stereocenters. The molecule has 5 nitrogen and oxygen atoms in total. The van der Waals surface area contributed by atoms with E-state index in [0.29, 0.717) is 6.42 Å². The number of carbonyl (C=O) groups excluding carboxylic acids is 1. The summed E-state index contributed by atoms with van der Waals surface area (Å²) in [4.78, 5) is 11.1. The minimum atomic E-state index is -1.70. The van der Waals surface area contributed by atoms with E-state index >= 15 is 0 Å². The molecule has 0 aromatic heterocycles. The van der Waals surface area contributed by atoms with Crippen molar-refractivity contribution < 1.29 is 24.5 Å². The van der Waals surface area contributed by atoms with Crippen LogP contribution in [0.1, 0.15) is 48.0 Å². The lowest BCUT2D eigenvalue weighted by Crippen LogP contribution is -2.62. The topological polar surface area (TPSA) is 76.0 Å². The van der Waals surface area contributed by atoms with Gasteiger partial charge in [-0.25, -0.2) is 0 Å². The van der Waals surface area contributed by atoms with Crippen LogP contribution in [0.5, 0.6) is 0 Å². The van der Waals surface area contributed by atoms with Crippen LogP contribution in [0.15, 0.2) is 0 Å². The summed E-state index contributed by atoms with van der Waals surface area (Å²) in [5.41, 5.74) is -4.21. The second kappa shape index (κ2) is 3.67. The van der Waals surface area contributed by atoms with E-state index in [-0.39, 0.29) is 0 Å². The van der Waals surface area contributed by atoms with Crippen molar-refractivity contribution in [3.05, 3.63) is 0 Å². The summed E-state index contributed by atoms with van der Waals surface area (Å²) < 4.78 is 10.8. The normalized spacial score (nSPS) is 50.4. The van der Waals surface area contributed by atoms with Gasteiger partial charge in [-0.2, -0.15) is 0 Å². The number of rotatable bonds is 2. The molecule has 1 heterocycles. The summed E-state index contributed by atoms with van der Waals surface area (Å²) >= 11 is 0. The number of carbonyl (C=O) groups is 1. The van der Waals surface area contributed by atoms with E-state index in [1.165, 1.54) is 27.7 Å². The highest BCUT2D eigenvalue weighted by molar-refractivity contribution is 5.66. The van der Waals surface area contributed by atoms with Crippen LogP contribution in [0.4, 0.5) is 0 Å². The number of ether oxygens (including phenoxy) is 2. The molecule has 1 fully saturated rings. The van der Waals surface area contributed by atoms with Crippen LogP contribution < -0.4 is 0 Å². The standard InChI is InChI=1S/C12H22O5/c1-7-9(3)10(4,14)11(5,15)12(6,17-9)16-8(2)13/h14-15H,7H2,1-6H3. The van der Waals surface area contributed by atoms with Gasteiger partial charge < -0.3 is 19.7 Å². The van der Waals surface area contributed by atoms with Gasteiger partial charge in [-0.15, -0.1) is 0 Å². The zero-order valence-corrected chi connectivity index (χ0v) is 11.3. The van der Waals surface area contributed by atoms with Gasteiger partial charge in [0.25, 0.3) is 0 Å². The van der Waals surface area contributed by atoms with Crippen molar-refractivity contribution in [2.24, 2.45) is 0 Å². The molecule has 0 aromatic rings. The first-order chi connectivity index (χ1) is 7.43. The molecule has 4 atom stereocenters. The van der Waals surface area contributed by atoms with Crippen LogP contribution in [0.3, 0.4) is 0 Å². The van der Waals surface area contributed by atoms with E-state index in [9.17, 15) is 15.0 Å². The van der Waals surface area contributed by atoms with Crippen LogP contribution in [0.2, 0.25) is 0 Å². The largest absolute Gasteiger partial charge is 0.430 e. The Hall–Kier alpha value is -0.650. The van der Waals surface area contributed by atoms with Crippen molar-refractivity contribution in [3.8, 4) is 0 Å². The van der Waals surface area contributed by atoms with Gasteiger partial charge in [0, 0.05) is 13.8 Å². The van der Waals surface area contributed by atoms with Crippen molar-refractivity contribution in [2.75, 3.05) is 0 Å². The Morgan fingerprint density at radius 3 is 1.94 bits per heavy atom. The second-order valence-corrected chi connectivity index (χ2v) is 5.37. The van der Waals surface area contributed by atoms with Crippen LogP contribution in [0.25, 0.3) is 0 Å². The molecule has 0 saturated carbocycles. The molecule has 0 radical (unpaired) electrons. The summed E-state index contributed by atoms with van der Waals surface area (Å²) in [7, 11) is 0. The molecule has 0 spiro atoms. The van der Waals surface area contributed by atoms with Crippen molar-refractivity contribution in [1.82, 2.24) is 0 Å². The molecule has 100 valence electrons. The highest BCUT2D eigenvalue weighted by Gasteiger charge is 2.73. The van der Waals surface area contributed by atoms with E-state index in [1.54, 1.807) is 6.92 Å². The maximum atomic E-state index is 11.1. The first-order valence-electron chi connectivity index (χ1n) is 5.78. The Bertz CT molecular complexity index is 336. The van der Waals surface area contributed by atoms with Crippen molar-refractivity contribution >= 4 is 5.97 Å². The summed E-state index contributed by atoms with van der Waals surface area (Å²) in [6, 6.07) is 0. The third kappa shape index (κ3) is 1.68. The zero-order valence-electron chi connectivity index (χ0n) is 11.3. The lowest BCUT2D eigenvalue weighted by Gasteiger charge is -2.41. The first kappa shape index (κ1) is 14.4.